The molecule has 0 saturated carbocycles. The van der Waals surface area contributed by atoms with Crippen LogP contribution in [0.4, 0.5) is 18.9 Å². The van der Waals surface area contributed by atoms with Gasteiger partial charge in [0.05, 0.1) is 10.5 Å². The van der Waals surface area contributed by atoms with Gasteiger partial charge in [-0.2, -0.15) is 13.2 Å². The lowest BCUT2D eigenvalue weighted by atomic mass is 10.1. The first kappa shape index (κ1) is 17.4. The second-order valence-electron chi connectivity index (χ2n) is 5.47. The summed E-state index contributed by atoms with van der Waals surface area (Å²) in [7, 11) is 2.53. The molecule has 0 amide bonds. The predicted octanol–water partition coefficient (Wildman–Crippen LogP) is 1.55. The van der Waals surface area contributed by atoms with Crippen LogP contribution < -0.4 is 11.2 Å². The lowest BCUT2D eigenvalue weighted by Gasteiger charge is -2.10. The molecule has 9 nitrogen and oxygen atoms in total. The van der Waals surface area contributed by atoms with Gasteiger partial charge in [-0.25, -0.2) is 9.78 Å². The van der Waals surface area contributed by atoms with Gasteiger partial charge in [0.15, 0.2) is 5.65 Å². The van der Waals surface area contributed by atoms with Crippen LogP contribution in [-0.4, -0.2) is 24.0 Å². The van der Waals surface area contributed by atoms with Crippen LogP contribution in [0.1, 0.15) is 5.56 Å². The van der Waals surface area contributed by atoms with E-state index in [2.05, 4.69) is 9.97 Å². The molecule has 0 atom stereocenters. The highest BCUT2D eigenvalue weighted by Crippen LogP contribution is 2.38. The summed E-state index contributed by atoms with van der Waals surface area (Å²) in [4.78, 5) is 40.3. The summed E-state index contributed by atoms with van der Waals surface area (Å²) >= 11 is 0. The Kier molecular flexibility index (Phi) is 3.70. The zero-order chi connectivity index (χ0) is 19.4. The highest BCUT2D eigenvalue weighted by molar-refractivity contribution is 5.77. The second-order valence-corrected chi connectivity index (χ2v) is 5.47. The number of aromatic amines is 1. The minimum absolute atomic E-state index is 0.125. The molecule has 3 aromatic rings. The number of nitrogens with zero attached hydrogens (tertiary/aromatic N) is 4. The van der Waals surface area contributed by atoms with Gasteiger partial charge in [-0.3, -0.25) is 24.0 Å². The Labute approximate surface area is 141 Å². The minimum Gasteiger partial charge on any atom is -0.332 e. The van der Waals surface area contributed by atoms with Gasteiger partial charge < -0.3 is 4.98 Å². The first-order valence-corrected chi connectivity index (χ1v) is 7.04. The van der Waals surface area contributed by atoms with Gasteiger partial charge in [0.1, 0.15) is 11.3 Å². The van der Waals surface area contributed by atoms with E-state index in [0.29, 0.717) is 6.07 Å². The molecule has 3 rings (SSSR count). The van der Waals surface area contributed by atoms with Crippen LogP contribution in [0.15, 0.2) is 27.8 Å². The number of rotatable bonds is 2. The average molecular weight is 369 g/mol. The SMILES string of the molecule is Cn1c(=O)c2[nH]c(-c3ccc([N+](=O)[O-])cc3C(F)(F)F)nc2n(C)c1=O. The van der Waals surface area contributed by atoms with Crippen LogP contribution in [0, 0.1) is 10.1 Å². The maximum Gasteiger partial charge on any atom is 0.417 e. The molecular formula is C14H10F3N5O4. The smallest absolute Gasteiger partial charge is 0.332 e. The average Bonchev–Trinajstić information content (AvgIpc) is 3.02. The van der Waals surface area contributed by atoms with Crippen LogP contribution in [-0.2, 0) is 20.3 Å². The number of hydrogen-bond acceptors (Lipinski definition) is 5. The number of nitro benzene ring substituents is 1. The molecule has 136 valence electrons. The first-order valence-electron chi connectivity index (χ1n) is 7.04. The van der Waals surface area contributed by atoms with Crippen molar-refractivity contribution >= 4 is 16.9 Å². The standard InChI is InChI=1S/C14H10F3N5O4/c1-20-11-9(12(23)21(2)13(20)24)18-10(19-11)7-4-3-6(22(25)26)5-8(7)14(15,16)17/h3-5H,1-2H3,(H,18,19). The number of alkyl halides is 3. The number of imidazole rings is 1. The van der Waals surface area contributed by atoms with Crippen molar-refractivity contribution in [2.45, 2.75) is 6.18 Å². The van der Waals surface area contributed by atoms with Gasteiger partial charge >= 0.3 is 11.9 Å². The van der Waals surface area contributed by atoms with E-state index in [9.17, 15) is 32.9 Å². The van der Waals surface area contributed by atoms with Crippen molar-refractivity contribution < 1.29 is 18.1 Å². The molecule has 0 aliphatic carbocycles. The van der Waals surface area contributed by atoms with E-state index in [4.69, 9.17) is 0 Å². The van der Waals surface area contributed by atoms with E-state index >= 15 is 0 Å². The van der Waals surface area contributed by atoms with E-state index in [1.54, 1.807) is 0 Å². The van der Waals surface area contributed by atoms with E-state index in [-0.39, 0.29) is 17.0 Å². The molecular weight excluding hydrogens is 359 g/mol. The number of non-ortho nitro benzene ring substituents is 1. The zero-order valence-electron chi connectivity index (χ0n) is 13.3. The van der Waals surface area contributed by atoms with Crippen molar-refractivity contribution in [1.29, 1.82) is 0 Å². The lowest BCUT2D eigenvalue weighted by molar-refractivity contribution is -0.385. The van der Waals surface area contributed by atoms with Crippen molar-refractivity contribution in [3.05, 3.63) is 54.7 Å². The number of hydrogen-bond donors (Lipinski definition) is 1. The van der Waals surface area contributed by atoms with E-state index in [1.807, 2.05) is 0 Å². The Morgan fingerprint density at radius 1 is 1.19 bits per heavy atom. The quantitative estimate of drug-likeness (QED) is 0.544. The Morgan fingerprint density at radius 2 is 1.85 bits per heavy atom. The van der Waals surface area contributed by atoms with Crippen molar-refractivity contribution in [2.75, 3.05) is 0 Å². The Balaban J connectivity index is 2.36. The van der Waals surface area contributed by atoms with E-state index in [0.717, 1.165) is 21.3 Å². The molecule has 1 N–H and O–H groups in total. The number of halogens is 3. The van der Waals surface area contributed by atoms with Gasteiger partial charge in [0.2, 0.25) is 0 Å². The second kappa shape index (κ2) is 5.54. The molecule has 0 aliphatic heterocycles. The van der Waals surface area contributed by atoms with Crippen molar-refractivity contribution in [2.24, 2.45) is 14.1 Å². The summed E-state index contributed by atoms with van der Waals surface area (Å²) in [6.45, 7) is 0. The van der Waals surface area contributed by atoms with Crippen LogP contribution in [0.3, 0.4) is 0 Å². The van der Waals surface area contributed by atoms with Gasteiger partial charge in [0, 0.05) is 31.8 Å². The van der Waals surface area contributed by atoms with Crippen LogP contribution in [0.2, 0.25) is 0 Å². The summed E-state index contributed by atoms with van der Waals surface area (Å²) in [5, 5.41) is 10.8. The summed E-state index contributed by atoms with van der Waals surface area (Å²) in [5.41, 5.74) is -4.23. The van der Waals surface area contributed by atoms with Crippen molar-refractivity contribution in [3.63, 3.8) is 0 Å². The number of nitro groups is 1. The van der Waals surface area contributed by atoms with Crippen LogP contribution in [0.5, 0.6) is 0 Å². The summed E-state index contributed by atoms with van der Waals surface area (Å²) in [6.07, 6.45) is -4.89. The third kappa shape index (κ3) is 2.55. The molecule has 26 heavy (non-hydrogen) atoms. The Bertz CT molecular complexity index is 1170. The molecule has 0 radical (unpaired) electrons. The molecule has 0 aliphatic rings. The highest BCUT2D eigenvalue weighted by atomic mass is 19.4. The third-order valence-corrected chi connectivity index (χ3v) is 3.87. The first-order chi connectivity index (χ1) is 12.0. The number of H-pyrrole nitrogens is 1. The zero-order valence-corrected chi connectivity index (χ0v) is 13.3. The van der Waals surface area contributed by atoms with Crippen molar-refractivity contribution in [3.8, 4) is 11.4 Å². The van der Waals surface area contributed by atoms with Gasteiger partial charge in [-0.05, 0) is 6.07 Å². The molecule has 12 heteroatoms. The van der Waals surface area contributed by atoms with E-state index < -0.39 is 39.2 Å². The number of nitrogens with one attached hydrogen (secondary N) is 1. The normalized spacial score (nSPS) is 11.9. The molecule has 0 unspecified atom stereocenters. The van der Waals surface area contributed by atoms with E-state index in [1.165, 1.54) is 14.1 Å². The molecule has 2 heterocycles. The molecule has 0 fully saturated rings. The number of aryl methyl sites for hydroxylation is 1. The fourth-order valence-electron chi connectivity index (χ4n) is 2.54. The maximum absolute atomic E-state index is 13.3. The molecule has 2 aromatic heterocycles. The Hall–Kier alpha value is -3.44. The number of aromatic nitrogens is 4. The summed E-state index contributed by atoms with van der Waals surface area (Å²) < 4.78 is 41.8. The maximum atomic E-state index is 13.3. The minimum atomic E-state index is -4.89. The summed E-state index contributed by atoms with van der Waals surface area (Å²) in [6, 6.07) is 2.18. The van der Waals surface area contributed by atoms with Gasteiger partial charge in [-0.1, -0.05) is 0 Å². The molecule has 1 aromatic carbocycles. The van der Waals surface area contributed by atoms with Gasteiger partial charge in [-0.15, -0.1) is 0 Å². The topological polar surface area (TPSA) is 116 Å². The molecule has 0 bridgehead atoms. The summed E-state index contributed by atoms with van der Waals surface area (Å²) in [5.74, 6) is -0.333. The van der Waals surface area contributed by atoms with Crippen LogP contribution in [0.25, 0.3) is 22.6 Å². The highest BCUT2D eigenvalue weighted by Gasteiger charge is 2.36. The largest absolute Gasteiger partial charge is 0.417 e. The monoisotopic (exact) mass is 369 g/mol. The molecule has 0 saturated heterocycles. The van der Waals surface area contributed by atoms with Crippen molar-refractivity contribution in [1.82, 2.24) is 19.1 Å². The lowest BCUT2D eigenvalue weighted by Crippen LogP contribution is -2.36. The fourth-order valence-corrected chi connectivity index (χ4v) is 2.54. The predicted molar refractivity (Wildman–Crippen MR) is 83.7 cm³/mol. The number of benzene rings is 1. The van der Waals surface area contributed by atoms with Gasteiger partial charge in [0.25, 0.3) is 11.2 Å². The molecule has 0 spiro atoms. The fraction of sp³-hybridized carbons (Fsp3) is 0.214. The Morgan fingerprint density at radius 3 is 2.42 bits per heavy atom. The van der Waals surface area contributed by atoms with Crippen LogP contribution >= 0.6 is 0 Å². The number of fused-ring (bicyclic) bond motifs is 1. The third-order valence-electron chi connectivity index (χ3n) is 3.87.